The molecule has 0 fully saturated rings. The SMILES string of the molecule is CCCc1cc(C(=O)O)cc(OCC(F)F)n1. The van der Waals surface area contributed by atoms with Crippen molar-refractivity contribution in [2.24, 2.45) is 0 Å². The third kappa shape index (κ3) is 4.34. The van der Waals surface area contributed by atoms with Gasteiger partial charge in [-0.3, -0.25) is 0 Å². The molecule has 0 aliphatic rings. The number of carboxylic acid groups (broad SMARTS) is 1. The van der Waals surface area contributed by atoms with Crippen LogP contribution >= 0.6 is 0 Å². The molecule has 0 atom stereocenters. The van der Waals surface area contributed by atoms with E-state index in [4.69, 9.17) is 9.84 Å². The zero-order valence-corrected chi connectivity index (χ0v) is 9.32. The van der Waals surface area contributed by atoms with Crippen molar-refractivity contribution in [2.75, 3.05) is 6.61 Å². The Bertz CT molecular complexity index is 396. The Morgan fingerprint density at radius 3 is 2.76 bits per heavy atom. The number of hydrogen-bond donors (Lipinski definition) is 1. The van der Waals surface area contributed by atoms with E-state index < -0.39 is 19.0 Å². The summed E-state index contributed by atoms with van der Waals surface area (Å²) in [5, 5.41) is 8.85. The monoisotopic (exact) mass is 245 g/mol. The fourth-order valence-electron chi connectivity index (χ4n) is 1.29. The van der Waals surface area contributed by atoms with Crippen LogP contribution in [0.2, 0.25) is 0 Å². The summed E-state index contributed by atoms with van der Waals surface area (Å²) in [5.74, 6) is -1.21. The fraction of sp³-hybridized carbons (Fsp3) is 0.455. The number of pyridine rings is 1. The minimum absolute atomic E-state index is 0.00674. The van der Waals surface area contributed by atoms with Crippen LogP contribution in [0.4, 0.5) is 8.78 Å². The molecule has 1 heterocycles. The maximum Gasteiger partial charge on any atom is 0.335 e. The van der Waals surface area contributed by atoms with E-state index in [-0.39, 0.29) is 11.4 Å². The first-order valence-electron chi connectivity index (χ1n) is 5.18. The van der Waals surface area contributed by atoms with Crippen LogP contribution in [0.3, 0.4) is 0 Å². The number of alkyl halides is 2. The van der Waals surface area contributed by atoms with Gasteiger partial charge in [0.25, 0.3) is 6.43 Å². The highest BCUT2D eigenvalue weighted by atomic mass is 19.3. The van der Waals surface area contributed by atoms with Crippen LogP contribution < -0.4 is 4.74 Å². The Morgan fingerprint density at radius 2 is 2.24 bits per heavy atom. The molecule has 6 heteroatoms. The smallest absolute Gasteiger partial charge is 0.335 e. The summed E-state index contributed by atoms with van der Waals surface area (Å²) in [6.07, 6.45) is -1.25. The Balaban J connectivity index is 2.91. The average Bonchev–Trinajstić information content (AvgIpc) is 2.26. The highest BCUT2D eigenvalue weighted by Crippen LogP contribution is 2.15. The van der Waals surface area contributed by atoms with Crippen LogP contribution in [0.5, 0.6) is 5.88 Å². The van der Waals surface area contributed by atoms with Crippen molar-refractivity contribution < 1.29 is 23.4 Å². The first kappa shape index (κ1) is 13.3. The van der Waals surface area contributed by atoms with Crippen molar-refractivity contribution in [3.63, 3.8) is 0 Å². The van der Waals surface area contributed by atoms with E-state index in [0.717, 1.165) is 12.5 Å². The van der Waals surface area contributed by atoms with Crippen LogP contribution in [0.25, 0.3) is 0 Å². The molecule has 17 heavy (non-hydrogen) atoms. The van der Waals surface area contributed by atoms with Gasteiger partial charge in [-0.1, -0.05) is 13.3 Å². The summed E-state index contributed by atoms with van der Waals surface area (Å²) < 4.78 is 28.6. The Kier molecular flexibility index (Phi) is 4.81. The highest BCUT2D eigenvalue weighted by molar-refractivity contribution is 5.88. The first-order chi connectivity index (χ1) is 8.02. The lowest BCUT2D eigenvalue weighted by atomic mass is 10.1. The van der Waals surface area contributed by atoms with Crippen molar-refractivity contribution in [1.82, 2.24) is 4.98 Å². The molecule has 0 bridgehead atoms. The van der Waals surface area contributed by atoms with Gasteiger partial charge in [-0.25, -0.2) is 18.6 Å². The molecule has 0 radical (unpaired) electrons. The van der Waals surface area contributed by atoms with Gasteiger partial charge >= 0.3 is 5.97 Å². The minimum Gasteiger partial charge on any atom is -0.478 e. The number of carboxylic acids is 1. The normalized spacial score (nSPS) is 10.6. The number of carbonyl (C=O) groups is 1. The second kappa shape index (κ2) is 6.12. The lowest BCUT2D eigenvalue weighted by molar-refractivity contribution is 0.0693. The van der Waals surface area contributed by atoms with Crippen LogP contribution in [-0.4, -0.2) is 29.1 Å². The summed E-state index contributed by atoms with van der Waals surface area (Å²) in [5.41, 5.74) is 0.518. The summed E-state index contributed by atoms with van der Waals surface area (Å²) >= 11 is 0. The highest BCUT2D eigenvalue weighted by Gasteiger charge is 2.11. The van der Waals surface area contributed by atoms with E-state index in [1.807, 2.05) is 6.92 Å². The van der Waals surface area contributed by atoms with Gasteiger partial charge in [0.1, 0.15) is 0 Å². The van der Waals surface area contributed by atoms with Crippen LogP contribution in [0.1, 0.15) is 29.4 Å². The number of ether oxygens (including phenoxy) is 1. The number of halogens is 2. The second-order valence-corrected chi connectivity index (χ2v) is 3.44. The molecule has 0 unspecified atom stereocenters. The molecular formula is C11H13F2NO3. The van der Waals surface area contributed by atoms with E-state index in [0.29, 0.717) is 12.1 Å². The van der Waals surface area contributed by atoms with E-state index in [9.17, 15) is 13.6 Å². The van der Waals surface area contributed by atoms with E-state index in [1.54, 1.807) is 0 Å². The molecule has 1 aromatic heterocycles. The van der Waals surface area contributed by atoms with Crippen LogP contribution in [0.15, 0.2) is 12.1 Å². The summed E-state index contributed by atoms with van der Waals surface area (Å²) in [7, 11) is 0. The number of aryl methyl sites for hydroxylation is 1. The van der Waals surface area contributed by atoms with E-state index in [1.165, 1.54) is 6.07 Å². The zero-order valence-electron chi connectivity index (χ0n) is 9.32. The molecule has 1 aromatic rings. The van der Waals surface area contributed by atoms with Crippen molar-refractivity contribution in [3.05, 3.63) is 23.4 Å². The third-order valence-corrected chi connectivity index (χ3v) is 1.97. The van der Waals surface area contributed by atoms with Crippen LogP contribution in [0, 0.1) is 0 Å². The van der Waals surface area contributed by atoms with Gasteiger partial charge in [0, 0.05) is 11.8 Å². The third-order valence-electron chi connectivity index (χ3n) is 1.97. The number of nitrogens with zero attached hydrogens (tertiary/aromatic N) is 1. The summed E-state index contributed by atoms with van der Waals surface area (Å²) in [6.45, 7) is 1.12. The van der Waals surface area contributed by atoms with Gasteiger partial charge < -0.3 is 9.84 Å². The molecule has 94 valence electrons. The lowest BCUT2D eigenvalue weighted by Gasteiger charge is -2.07. The van der Waals surface area contributed by atoms with Gasteiger partial charge in [-0.15, -0.1) is 0 Å². The minimum atomic E-state index is -2.61. The molecule has 0 amide bonds. The van der Waals surface area contributed by atoms with Crippen molar-refractivity contribution in [1.29, 1.82) is 0 Å². The average molecular weight is 245 g/mol. The summed E-state index contributed by atoms with van der Waals surface area (Å²) in [6, 6.07) is 2.56. The maximum atomic E-state index is 12.0. The summed E-state index contributed by atoms with van der Waals surface area (Å²) in [4.78, 5) is 14.8. The van der Waals surface area contributed by atoms with Gasteiger partial charge in [-0.05, 0) is 12.5 Å². The Morgan fingerprint density at radius 1 is 1.53 bits per heavy atom. The van der Waals surface area contributed by atoms with Crippen molar-refractivity contribution in [3.8, 4) is 5.88 Å². The number of hydrogen-bond acceptors (Lipinski definition) is 3. The molecule has 1 N–H and O–H groups in total. The topological polar surface area (TPSA) is 59.4 Å². The molecule has 0 saturated heterocycles. The Hall–Kier alpha value is -1.72. The quantitative estimate of drug-likeness (QED) is 0.835. The fourth-order valence-corrected chi connectivity index (χ4v) is 1.29. The van der Waals surface area contributed by atoms with E-state index in [2.05, 4.69) is 4.98 Å². The van der Waals surface area contributed by atoms with Gasteiger partial charge in [-0.2, -0.15) is 0 Å². The van der Waals surface area contributed by atoms with Crippen LogP contribution in [-0.2, 0) is 6.42 Å². The zero-order chi connectivity index (χ0) is 12.8. The molecule has 0 aliphatic carbocycles. The second-order valence-electron chi connectivity index (χ2n) is 3.44. The number of aromatic nitrogens is 1. The van der Waals surface area contributed by atoms with Crippen molar-refractivity contribution >= 4 is 5.97 Å². The van der Waals surface area contributed by atoms with Gasteiger partial charge in [0.05, 0.1) is 5.56 Å². The molecule has 0 aliphatic heterocycles. The van der Waals surface area contributed by atoms with E-state index >= 15 is 0 Å². The van der Waals surface area contributed by atoms with Gasteiger partial charge in [0.15, 0.2) is 6.61 Å². The largest absolute Gasteiger partial charge is 0.478 e. The first-order valence-corrected chi connectivity index (χ1v) is 5.18. The standard InChI is InChI=1S/C11H13F2NO3/c1-2-3-8-4-7(11(15)16)5-10(14-8)17-6-9(12)13/h4-5,9H,2-3,6H2,1H3,(H,15,16). The molecule has 0 spiro atoms. The lowest BCUT2D eigenvalue weighted by Crippen LogP contribution is -2.10. The maximum absolute atomic E-state index is 12.0. The molecular weight excluding hydrogens is 232 g/mol. The molecule has 1 rings (SSSR count). The predicted octanol–water partition coefficient (Wildman–Crippen LogP) is 2.38. The molecule has 0 aromatic carbocycles. The molecule has 0 saturated carbocycles. The van der Waals surface area contributed by atoms with Crippen molar-refractivity contribution in [2.45, 2.75) is 26.2 Å². The molecule has 4 nitrogen and oxygen atoms in total. The number of aromatic carboxylic acids is 1. The van der Waals surface area contributed by atoms with Gasteiger partial charge in [0.2, 0.25) is 5.88 Å². The Labute approximate surface area is 97.2 Å². The predicted molar refractivity (Wildman–Crippen MR) is 56.7 cm³/mol. The number of rotatable bonds is 6.